The Labute approximate surface area is 210 Å². The summed E-state index contributed by atoms with van der Waals surface area (Å²) in [5.41, 5.74) is 1.23. The standard InChI is InChI=1S/C25H35N5O6/c1-5-8-26-25(33)36-17-7-6-16(9-17)20-12-23(30-29-20)28-24(32)14-35-22-11-18(34-4)10-21(31)19(22)13-27-15(2)3/h10-13,15-17,31H,5-9,14H2,1-4H3,(H,26,33)(H2,28,29,30,32). The second-order valence-electron chi connectivity index (χ2n) is 8.94. The number of aromatic amines is 1. The van der Waals surface area contributed by atoms with Crippen LogP contribution in [-0.2, 0) is 9.53 Å². The lowest BCUT2D eigenvalue weighted by Crippen LogP contribution is -2.28. The predicted octanol–water partition coefficient (Wildman–Crippen LogP) is 3.74. The Hall–Kier alpha value is -3.76. The Balaban J connectivity index is 1.55. The van der Waals surface area contributed by atoms with Crippen LogP contribution in [0.2, 0.25) is 0 Å². The summed E-state index contributed by atoms with van der Waals surface area (Å²) in [6.45, 7) is 6.09. The van der Waals surface area contributed by atoms with Crippen molar-refractivity contribution in [2.24, 2.45) is 4.99 Å². The van der Waals surface area contributed by atoms with Gasteiger partial charge < -0.3 is 30.0 Å². The summed E-state index contributed by atoms with van der Waals surface area (Å²) in [4.78, 5) is 28.6. The molecule has 1 aromatic heterocycles. The first-order valence-electron chi connectivity index (χ1n) is 12.2. The van der Waals surface area contributed by atoms with Crippen LogP contribution in [0.3, 0.4) is 0 Å². The number of hydrogen-bond donors (Lipinski definition) is 4. The van der Waals surface area contributed by atoms with Crippen LogP contribution in [0.4, 0.5) is 10.6 Å². The van der Waals surface area contributed by atoms with Gasteiger partial charge in [0.25, 0.3) is 5.91 Å². The van der Waals surface area contributed by atoms with E-state index >= 15 is 0 Å². The van der Waals surface area contributed by atoms with E-state index in [1.807, 2.05) is 20.8 Å². The van der Waals surface area contributed by atoms with Gasteiger partial charge in [-0.1, -0.05) is 6.92 Å². The minimum atomic E-state index is -0.415. The monoisotopic (exact) mass is 501 g/mol. The van der Waals surface area contributed by atoms with Gasteiger partial charge in [-0.2, -0.15) is 5.10 Å². The van der Waals surface area contributed by atoms with E-state index in [9.17, 15) is 14.7 Å². The summed E-state index contributed by atoms with van der Waals surface area (Å²) in [5, 5.41) is 22.9. The van der Waals surface area contributed by atoms with Crippen molar-refractivity contribution in [2.75, 3.05) is 25.6 Å². The number of methoxy groups -OCH3 is 1. The number of nitrogens with one attached hydrogen (secondary N) is 3. The third kappa shape index (κ3) is 7.62. The predicted molar refractivity (Wildman–Crippen MR) is 135 cm³/mol. The number of nitrogens with zero attached hydrogens (tertiary/aromatic N) is 2. The van der Waals surface area contributed by atoms with Crippen LogP contribution in [0, 0.1) is 0 Å². The number of benzene rings is 1. The number of anilines is 1. The topological polar surface area (TPSA) is 147 Å². The third-order valence-electron chi connectivity index (χ3n) is 5.67. The summed E-state index contributed by atoms with van der Waals surface area (Å²) in [7, 11) is 1.47. The van der Waals surface area contributed by atoms with Crippen LogP contribution in [0.15, 0.2) is 23.2 Å². The molecule has 4 N–H and O–H groups in total. The van der Waals surface area contributed by atoms with E-state index in [0.29, 0.717) is 30.1 Å². The number of ether oxygens (including phenoxy) is 3. The quantitative estimate of drug-likeness (QED) is 0.343. The fourth-order valence-corrected chi connectivity index (χ4v) is 3.86. The van der Waals surface area contributed by atoms with Crippen LogP contribution in [-0.4, -0.2) is 65.9 Å². The second-order valence-corrected chi connectivity index (χ2v) is 8.94. The molecule has 11 nitrogen and oxygen atoms in total. The van der Waals surface area contributed by atoms with E-state index < -0.39 is 5.91 Å². The molecule has 2 amide bonds. The number of phenolic OH excluding ortho intramolecular Hbond substituents is 1. The molecular weight excluding hydrogens is 466 g/mol. The third-order valence-corrected chi connectivity index (χ3v) is 5.67. The van der Waals surface area contributed by atoms with Gasteiger partial charge in [0.15, 0.2) is 12.4 Å². The maximum Gasteiger partial charge on any atom is 0.407 e. The molecule has 0 aliphatic heterocycles. The maximum atomic E-state index is 12.5. The SMILES string of the molecule is CCCNC(=O)OC1CCC(c2cc(NC(=O)COc3cc(OC)cc(O)c3C=NC(C)C)n[nH]2)C1. The lowest BCUT2D eigenvalue weighted by atomic mass is 10.0. The van der Waals surface area contributed by atoms with Gasteiger partial charge >= 0.3 is 6.09 Å². The van der Waals surface area contributed by atoms with Crippen molar-refractivity contribution in [1.29, 1.82) is 0 Å². The number of amides is 2. The first kappa shape index (κ1) is 26.8. The van der Waals surface area contributed by atoms with Gasteiger partial charge in [-0.25, -0.2) is 4.79 Å². The molecule has 2 atom stereocenters. The lowest BCUT2D eigenvalue weighted by molar-refractivity contribution is -0.118. The van der Waals surface area contributed by atoms with Crippen LogP contribution in [0.1, 0.15) is 63.6 Å². The minimum absolute atomic E-state index is 0.0245. The van der Waals surface area contributed by atoms with Gasteiger partial charge in [-0.15, -0.1) is 0 Å². The van der Waals surface area contributed by atoms with Gasteiger partial charge in [0.1, 0.15) is 23.4 Å². The normalized spacial score (nSPS) is 17.4. The van der Waals surface area contributed by atoms with Crippen molar-refractivity contribution < 1.29 is 28.9 Å². The molecule has 0 radical (unpaired) electrons. The zero-order valence-electron chi connectivity index (χ0n) is 21.2. The van der Waals surface area contributed by atoms with Crippen LogP contribution >= 0.6 is 0 Å². The molecule has 0 bridgehead atoms. The fourth-order valence-electron chi connectivity index (χ4n) is 3.86. The van der Waals surface area contributed by atoms with Gasteiger partial charge in [0.2, 0.25) is 0 Å². The first-order chi connectivity index (χ1) is 17.3. The van der Waals surface area contributed by atoms with Crippen molar-refractivity contribution >= 4 is 24.0 Å². The van der Waals surface area contributed by atoms with Crippen LogP contribution in [0.5, 0.6) is 17.2 Å². The van der Waals surface area contributed by atoms with E-state index in [1.54, 1.807) is 12.1 Å². The number of aromatic nitrogens is 2. The molecule has 0 saturated heterocycles. The molecule has 0 spiro atoms. The number of carbonyl (C=O) groups excluding carboxylic acids is 2. The van der Waals surface area contributed by atoms with Crippen molar-refractivity contribution in [1.82, 2.24) is 15.5 Å². The van der Waals surface area contributed by atoms with Crippen LogP contribution in [0.25, 0.3) is 0 Å². The Morgan fingerprint density at radius 1 is 1.31 bits per heavy atom. The number of aromatic hydroxyl groups is 1. The van der Waals surface area contributed by atoms with Gasteiger partial charge in [-0.05, 0) is 39.5 Å². The molecule has 1 aliphatic rings. The molecule has 1 fully saturated rings. The Morgan fingerprint density at radius 2 is 2.11 bits per heavy atom. The van der Waals surface area contributed by atoms with Gasteiger partial charge in [-0.3, -0.25) is 14.9 Å². The van der Waals surface area contributed by atoms with E-state index in [-0.39, 0.29) is 42.3 Å². The first-order valence-corrected chi connectivity index (χ1v) is 12.2. The summed E-state index contributed by atoms with van der Waals surface area (Å²) >= 11 is 0. The smallest absolute Gasteiger partial charge is 0.407 e. The lowest BCUT2D eigenvalue weighted by Gasteiger charge is -2.13. The highest BCUT2D eigenvalue weighted by Gasteiger charge is 2.30. The molecule has 3 rings (SSSR count). The Bertz CT molecular complexity index is 1070. The molecular formula is C25H35N5O6. The van der Waals surface area contributed by atoms with E-state index in [0.717, 1.165) is 25.0 Å². The molecule has 2 aromatic rings. The molecule has 2 unspecified atom stereocenters. The number of alkyl carbamates (subject to hydrolysis) is 1. The largest absolute Gasteiger partial charge is 0.507 e. The highest BCUT2D eigenvalue weighted by Crippen LogP contribution is 2.36. The van der Waals surface area contributed by atoms with Crippen molar-refractivity contribution in [3.8, 4) is 17.2 Å². The number of carbonyl (C=O) groups is 2. The van der Waals surface area contributed by atoms with Crippen LogP contribution < -0.4 is 20.1 Å². The van der Waals surface area contributed by atoms with Crippen molar-refractivity contribution in [2.45, 2.75) is 64.5 Å². The molecule has 1 saturated carbocycles. The Morgan fingerprint density at radius 3 is 2.83 bits per heavy atom. The number of H-pyrrole nitrogens is 1. The minimum Gasteiger partial charge on any atom is -0.507 e. The average Bonchev–Trinajstić information content (AvgIpc) is 3.49. The van der Waals surface area contributed by atoms with Gasteiger partial charge in [0, 0.05) is 48.6 Å². The number of hydrogen-bond acceptors (Lipinski definition) is 8. The summed E-state index contributed by atoms with van der Waals surface area (Å²) in [6, 6.07) is 4.84. The molecule has 196 valence electrons. The van der Waals surface area contributed by atoms with Crippen molar-refractivity contribution in [3.63, 3.8) is 0 Å². The highest BCUT2D eigenvalue weighted by atomic mass is 16.6. The summed E-state index contributed by atoms with van der Waals surface area (Å²) in [5.74, 6) is 0.720. The van der Waals surface area contributed by atoms with E-state index in [4.69, 9.17) is 14.2 Å². The second kappa shape index (κ2) is 12.8. The van der Waals surface area contributed by atoms with E-state index in [1.165, 1.54) is 19.4 Å². The zero-order chi connectivity index (χ0) is 26.1. The highest BCUT2D eigenvalue weighted by molar-refractivity contribution is 5.92. The molecule has 11 heteroatoms. The average molecular weight is 502 g/mol. The molecule has 1 aliphatic carbocycles. The molecule has 36 heavy (non-hydrogen) atoms. The number of rotatable bonds is 11. The van der Waals surface area contributed by atoms with E-state index in [2.05, 4.69) is 25.8 Å². The maximum absolute atomic E-state index is 12.5. The Kier molecular flexibility index (Phi) is 9.54. The zero-order valence-corrected chi connectivity index (χ0v) is 21.2. The fraction of sp³-hybridized carbons (Fsp3) is 0.520. The summed E-state index contributed by atoms with van der Waals surface area (Å²) in [6.07, 6.45) is 4.15. The molecule has 1 heterocycles. The van der Waals surface area contributed by atoms with Crippen molar-refractivity contribution in [3.05, 3.63) is 29.5 Å². The number of aliphatic imine (C=N–C) groups is 1. The van der Waals surface area contributed by atoms with Gasteiger partial charge in [0.05, 0.1) is 12.7 Å². The molecule has 1 aromatic carbocycles. The summed E-state index contributed by atoms with van der Waals surface area (Å²) < 4.78 is 16.3. The number of phenols is 1.